The average molecular weight is 268 g/mol. The molecule has 2 rings (SSSR count). The van der Waals surface area contributed by atoms with Crippen LogP contribution in [0, 0.1) is 0 Å². The molecule has 0 saturated heterocycles. The zero-order chi connectivity index (χ0) is 12.3. The third-order valence-corrected chi connectivity index (χ3v) is 2.94. The van der Waals surface area contributed by atoms with Crippen LogP contribution in [0.2, 0.25) is 10.2 Å². The zero-order valence-electron chi connectivity index (χ0n) is 9.03. The fraction of sp³-hybridized carbons (Fsp3) is 0.167. The van der Waals surface area contributed by atoms with Crippen LogP contribution in [0.5, 0.6) is 0 Å². The fourth-order valence-electron chi connectivity index (χ4n) is 1.58. The number of halogens is 2. The molecule has 0 aliphatic heterocycles. The van der Waals surface area contributed by atoms with Crippen molar-refractivity contribution in [2.24, 2.45) is 0 Å². The molecule has 3 nitrogen and oxygen atoms in total. The van der Waals surface area contributed by atoms with E-state index in [4.69, 9.17) is 28.9 Å². The molecule has 1 aromatic heterocycles. The first kappa shape index (κ1) is 12.1. The van der Waals surface area contributed by atoms with Gasteiger partial charge in [0.1, 0.15) is 5.15 Å². The Bertz CT molecular complexity index is 509. The summed E-state index contributed by atoms with van der Waals surface area (Å²) in [5, 5.41) is 1.13. The topological polar surface area (TPSA) is 51.8 Å². The van der Waals surface area contributed by atoms with Crippen molar-refractivity contribution in [1.82, 2.24) is 9.97 Å². The number of benzene rings is 1. The molecule has 0 aliphatic carbocycles. The van der Waals surface area contributed by atoms with Crippen molar-refractivity contribution in [1.29, 1.82) is 0 Å². The van der Waals surface area contributed by atoms with E-state index in [0.29, 0.717) is 5.15 Å². The minimum atomic E-state index is 0.201. The van der Waals surface area contributed by atoms with Crippen LogP contribution in [-0.4, -0.2) is 9.97 Å². The molecule has 2 aromatic rings. The smallest absolute Gasteiger partial charge is 0.221 e. The predicted molar refractivity (Wildman–Crippen MR) is 70.3 cm³/mol. The third-order valence-electron chi connectivity index (χ3n) is 2.37. The SMILES string of the molecule is Nc1nc(Cl)cc(CCc2ccccc2Cl)n1. The predicted octanol–water partition coefficient (Wildman–Crippen LogP) is 3.15. The van der Waals surface area contributed by atoms with Gasteiger partial charge in [0.15, 0.2) is 0 Å². The lowest BCUT2D eigenvalue weighted by Gasteiger charge is -2.04. The Balaban J connectivity index is 2.10. The van der Waals surface area contributed by atoms with Gasteiger partial charge in [0.2, 0.25) is 5.95 Å². The van der Waals surface area contributed by atoms with Crippen LogP contribution in [0.25, 0.3) is 0 Å². The minimum absolute atomic E-state index is 0.201. The van der Waals surface area contributed by atoms with Crippen LogP contribution < -0.4 is 5.73 Å². The highest BCUT2D eigenvalue weighted by molar-refractivity contribution is 6.31. The first-order valence-corrected chi connectivity index (χ1v) is 5.93. The summed E-state index contributed by atoms with van der Waals surface area (Å²) < 4.78 is 0. The molecule has 0 amide bonds. The molecule has 0 atom stereocenters. The van der Waals surface area contributed by atoms with Gasteiger partial charge in [-0.2, -0.15) is 0 Å². The molecule has 17 heavy (non-hydrogen) atoms. The standard InChI is InChI=1S/C12H11Cl2N3/c13-10-4-2-1-3-8(10)5-6-9-7-11(14)17-12(15)16-9/h1-4,7H,5-6H2,(H2,15,16,17). The number of hydrogen-bond donors (Lipinski definition) is 1. The Labute approximate surface area is 110 Å². The molecule has 0 spiro atoms. The van der Waals surface area contributed by atoms with Gasteiger partial charge >= 0.3 is 0 Å². The molecular weight excluding hydrogens is 257 g/mol. The van der Waals surface area contributed by atoms with Crippen LogP contribution in [0.4, 0.5) is 5.95 Å². The van der Waals surface area contributed by atoms with Crippen LogP contribution >= 0.6 is 23.2 Å². The zero-order valence-corrected chi connectivity index (χ0v) is 10.5. The molecule has 0 aliphatic rings. The maximum Gasteiger partial charge on any atom is 0.221 e. The lowest BCUT2D eigenvalue weighted by atomic mass is 10.1. The van der Waals surface area contributed by atoms with Crippen molar-refractivity contribution >= 4 is 29.2 Å². The second kappa shape index (κ2) is 5.34. The number of aromatic nitrogens is 2. The van der Waals surface area contributed by atoms with E-state index in [1.54, 1.807) is 6.07 Å². The monoisotopic (exact) mass is 267 g/mol. The van der Waals surface area contributed by atoms with Crippen LogP contribution in [0.3, 0.4) is 0 Å². The van der Waals surface area contributed by atoms with Gasteiger partial charge in [-0.25, -0.2) is 9.97 Å². The summed E-state index contributed by atoms with van der Waals surface area (Å²) >= 11 is 11.9. The van der Waals surface area contributed by atoms with Gasteiger partial charge in [-0.15, -0.1) is 0 Å². The molecule has 1 heterocycles. The van der Waals surface area contributed by atoms with Crippen molar-refractivity contribution in [3.05, 3.63) is 51.8 Å². The summed E-state index contributed by atoms with van der Waals surface area (Å²) in [6.07, 6.45) is 1.53. The van der Waals surface area contributed by atoms with E-state index in [1.807, 2.05) is 24.3 Å². The highest BCUT2D eigenvalue weighted by atomic mass is 35.5. The number of nitrogens with two attached hydrogens (primary N) is 1. The number of nitrogen functional groups attached to an aromatic ring is 1. The summed E-state index contributed by atoms with van der Waals surface area (Å²) in [7, 11) is 0. The van der Waals surface area contributed by atoms with E-state index in [-0.39, 0.29) is 5.95 Å². The van der Waals surface area contributed by atoms with Gasteiger partial charge in [0, 0.05) is 10.7 Å². The first-order valence-electron chi connectivity index (χ1n) is 5.17. The molecule has 0 bridgehead atoms. The van der Waals surface area contributed by atoms with E-state index in [9.17, 15) is 0 Å². The molecule has 2 N–H and O–H groups in total. The molecule has 5 heteroatoms. The number of rotatable bonds is 3. The molecule has 0 fully saturated rings. The van der Waals surface area contributed by atoms with Crippen molar-refractivity contribution in [3.63, 3.8) is 0 Å². The Morgan fingerprint density at radius 3 is 2.53 bits per heavy atom. The second-order valence-corrected chi connectivity index (χ2v) is 4.43. The van der Waals surface area contributed by atoms with Crippen LogP contribution in [0.15, 0.2) is 30.3 Å². The maximum atomic E-state index is 6.07. The Morgan fingerprint density at radius 2 is 1.82 bits per heavy atom. The number of nitrogens with zero attached hydrogens (tertiary/aromatic N) is 2. The summed E-state index contributed by atoms with van der Waals surface area (Å²) in [5.41, 5.74) is 7.43. The van der Waals surface area contributed by atoms with Crippen molar-refractivity contribution < 1.29 is 0 Å². The average Bonchev–Trinajstić information content (AvgIpc) is 2.27. The minimum Gasteiger partial charge on any atom is -0.368 e. The molecule has 0 unspecified atom stereocenters. The molecule has 0 saturated carbocycles. The summed E-state index contributed by atoms with van der Waals surface area (Å²) in [6.45, 7) is 0. The third kappa shape index (κ3) is 3.32. The molecule has 0 radical (unpaired) electrons. The van der Waals surface area contributed by atoms with E-state index < -0.39 is 0 Å². The largest absolute Gasteiger partial charge is 0.368 e. The lowest BCUT2D eigenvalue weighted by Crippen LogP contribution is -2.01. The highest BCUT2D eigenvalue weighted by Crippen LogP contribution is 2.17. The van der Waals surface area contributed by atoms with E-state index in [2.05, 4.69) is 9.97 Å². The van der Waals surface area contributed by atoms with Gasteiger partial charge in [0.25, 0.3) is 0 Å². The van der Waals surface area contributed by atoms with Gasteiger partial charge in [-0.05, 0) is 30.5 Å². The van der Waals surface area contributed by atoms with Gasteiger partial charge in [0.05, 0.1) is 0 Å². The number of anilines is 1. The molecule has 1 aromatic carbocycles. The quantitative estimate of drug-likeness (QED) is 0.870. The Kier molecular flexibility index (Phi) is 3.82. The van der Waals surface area contributed by atoms with Gasteiger partial charge < -0.3 is 5.73 Å². The van der Waals surface area contributed by atoms with E-state index in [0.717, 1.165) is 29.1 Å². The summed E-state index contributed by atoms with van der Waals surface area (Å²) in [6, 6.07) is 9.45. The van der Waals surface area contributed by atoms with E-state index >= 15 is 0 Å². The fourth-order valence-corrected chi connectivity index (χ4v) is 2.02. The van der Waals surface area contributed by atoms with Crippen molar-refractivity contribution in [2.45, 2.75) is 12.8 Å². The summed E-state index contributed by atoms with van der Waals surface area (Å²) in [4.78, 5) is 7.93. The number of aryl methyl sites for hydroxylation is 2. The highest BCUT2D eigenvalue weighted by Gasteiger charge is 2.03. The van der Waals surface area contributed by atoms with Crippen LogP contribution in [0.1, 0.15) is 11.3 Å². The number of hydrogen-bond acceptors (Lipinski definition) is 3. The molecular formula is C12H11Cl2N3. The second-order valence-electron chi connectivity index (χ2n) is 3.63. The van der Waals surface area contributed by atoms with Crippen molar-refractivity contribution in [2.75, 3.05) is 5.73 Å². The Hall–Kier alpha value is -1.32. The van der Waals surface area contributed by atoms with Gasteiger partial charge in [-0.3, -0.25) is 0 Å². The summed E-state index contributed by atoms with van der Waals surface area (Å²) in [5.74, 6) is 0.201. The lowest BCUT2D eigenvalue weighted by molar-refractivity contribution is 0.905. The van der Waals surface area contributed by atoms with Crippen LogP contribution in [-0.2, 0) is 12.8 Å². The van der Waals surface area contributed by atoms with Crippen molar-refractivity contribution in [3.8, 4) is 0 Å². The first-order chi connectivity index (χ1) is 8.15. The Morgan fingerprint density at radius 1 is 1.06 bits per heavy atom. The molecule has 88 valence electrons. The maximum absolute atomic E-state index is 6.07. The van der Waals surface area contributed by atoms with E-state index in [1.165, 1.54) is 0 Å². The normalized spacial score (nSPS) is 10.5. The van der Waals surface area contributed by atoms with Gasteiger partial charge in [-0.1, -0.05) is 41.4 Å².